The number of fused-ring (bicyclic) bond motifs is 2. The van der Waals surface area contributed by atoms with E-state index >= 15 is 0 Å². The average molecular weight is 792 g/mol. The molecule has 2 heteroatoms. The molecule has 10 aromatic carbocycles. The molecule has 0 aliphatic heterocycles. The van der Waals surface area contributed by atoms with Gasteiger partial charge in [0.05, 0.1) is 5.69 Å². The lowest BCUT2D eigenvalue weighted by atomic mass is 9.89. The van der Waals surface area contributed by atoms with Gasteiger partial charge in [0, 0.05) is 27.9 Å². The Kier molecular flexibility index (Phi) is 9.57. The summed E-state index contributed by atoms with van der Waals surface area (Å²) >= 11 is 0. The smallest absolute Gasteiger partial charge is 0.135 e. The first-order valence-electron chi connectivity index (χ1n) is 21.2. The first-order valence-corrected chi connectivity index (χ1v) is 21.2. The van der Waals surface area contributed by atoms with E-state index in [1.165, 1.54) is 55.3 Å². The van der Waals surface area contributed by atoms with Crippen molar-refractivity contribution < 1.29 is 4.42 Å². The van der Waals surface area contributed by atoms with E-state index < -0.39 is 0 Å². The quantitative estimate of drug-likeness (QED) is 0.145. The van der Waals surface area contributed by atoms with Gasteiger partial charge in [0.1, 0.15) is 11.3 Å². The number of hydrogen-bond acceptors (Lipinski definition) is 2. The molecule has 11 rings (SSSR count). The Hall–Kier alpha value is -8.20. The van der Waals surface area contributed by atoms with Crippen LogP contribution < -0.4 is 4.90 Å². The van der Waals surface area contributed by atoms with Gasteiger partial charge in [0.15, 0.2) is 0 Å². The Labute approximate surface area is 362 Å². The largest absolute Gasteiger partial charge is 0.456 e. The zero-order valence-corrected chi connectivity index (χ0v) is 34.0. The van der Waals surface area contributed by atoms with Crippen LogP contribution in [0.3, 0.4) is 0 Å². The lowest BCUT2D eigenvalue weighted by molar-refractivity contribution is 0.631. The zero-order chi connectivity index (χ0) is 41.2. The van der Waals surface area contributed by atoms with Crippen LogP contribution in [0, 0.1) is 0 Å². The average Bonchev–Trinajstić information content (AvgIpc) is 3.80. The highest BCUT2D eigenvalue weighted by Gasteiger charge is 2.19. The van der Waals surface area contributed by atoms with E-state index in [4.69, 9.17) is 4.42 Å². The van der Waals surface area contributed by atoms with Gasteiger partial charge in [-0.25, -0.2) is 0 Å². The van der Waals surface area contributed by atoms with Gasteiger partial charge in [-0.05, 0) is 115 Å². The molecule has 0 atom stereocenters. The Bertz CT molecular complexity index is 3310. The summed E-state index contributed by atoms with van der Waals surface area (Å²) in [6, 6.07) is 89.1. The number of benzene rings is 10. The second kappa shape index (κ2) is 16.1. The Morgan fingerprint density at radius 1 is 0.258 bits per heavy atom. The molecule has 0 amide bonds. The van der Waals surface area contributed by atoms with Crippen molar-refractivity contribution in [2.45, 2.75) is 0 Å². The van der Waals surface area contributed by atoms with Crippen LogP contribution in [0.15, 0.2) is 253 Å². The highest BCUT2D eigenvalue weighted by molar-refractivity contribution is 5.96. The number of furan rings is 1. The van der Waals surface area contributed by atoms with Gasteiger partial charge in [-0.15, -0.1) is 0 Å². The molecule has 2 nitrogen and oxygen atoms in total. The van der Waals surface area contributed by atoms with Crippen molar-refractivity contribution in [1.82, 2.24) is 0 Å². The van der Waals surface area contributed by atoms with Crippen LogP contribution in [-0.2, 0) is 0 Å². The van der Waals surface area contributed by atoms with Crippen molar-refractivity contribution in [3.8, 4) is 67.0 Å². The number of rotatable bonds is 9. The summed E-state index contributed by atoms with van der Waals surface area (Å²) in [6.45, 7) is 0. The highest BCUT2D eigenvalue weighted by atomic mass is 16.3. The molecule has 11 aromatic rings. The van der Waals surface area contributed by atoms with Crippen LogP contribution in [0.25, 0.3) is 88.7 Å². The van der Waals surface area contributed by atoms with Crippen molar-refractivity contribution in [2.24, 2.45) is 0 Å². The van der Waals surface area contributed by atoms with Crippen molar-refractivity contribution in [3.63, 3.8) is 0 Å². The number of hydrogen-bond donors (Lipinski definition) is 0. The summed E-state index contributed by atoms with van der Waals surface area (Å²) in [5, 5.41) is 3.46. The maximum Gasteiger partial charge on any atom is 0.135 e. The van der Waals surface area contributed by atoms with Gasteiger partial charge in [-0.1, -0.05) is 194 Å². The molecule has 0 aliphatic carbocycles. The molecule has 1 heterocycles. The summed E-state index contributed by atoms with van der Waals surface area (Å²) in [6.07, 6.45) is 0. The van der Waals surface area contributed by atoms with Gasteiger partial charge in [0.2, 0.25) is 0 Å². The van der Waals surface area contributed by atoms with Gasteiger partial charge in [-0.3, -0.25) is 0 Å². The van der Waals surface area contributed by atoms with Gasteiger partial charge < -0.3 is 9.32 Å². The minimum absolute atomic E-state index is 0.875. The molecule has 0 bridgehead atoms. The van der Waals surface area contributed by atoms with Crippen LogP contribution in [0.4, 0.5) is 17.1 Å². The van der Waals surface area contributed by atoms with Crippen LogP contribution in [0.1, 0.15) is 0 Å². The van der Waals surface area contributed by atoms with Crippen LogP contribution in [0.5, 0.6) is 0 Å². The summed E-state index contributed by atoms with van der Waals surface area (Å²) in [7, 11) is 0. The van der Waals surface area contributed by atoms with Crippen LogP contribution >= 0.6 is 0 Å². The minimum Gasteiger partial charge on any atom is -0.456 e. The molecule has 0 N–H and O–H groups in total. The van der Waals surface area contributed by atoms with Crippen molar-refractivity contribution >= 4 is 38.8 Å². The maximum atomic E-state index is 6.23. The molecule has 292 valence electrons. The fourth-order valence-electron chi connectivity index (χ4n) is 8.83. The van der Waals surface area contributed by atoms with Crippen molar-refractivity contribution in [2.75, 3.05) is 4.90 Å². The van der Waals surface area contributed by atoms with Crippen LogP contribution in [0.2, 0.25) is 0 Å². The predicted octanol–water partition coefficient (Wildman–Crippen LogP) is 17.1. The van der Waals surface area contributed by atoms with Gasteiger partial charge in [-0.2, -0.15) is 0 Å². The molecule has 0 saturated heterocycles. The molecule has 0 radical (unpaired) electrons. The lowest BCUT2D eigenvalue weighted by Gasteiger charge is -2.28. The predicted molar refractivity (Wildman–Crippen MR) is 261 cm³/mol. The van der Waals surface area contributed by atoms with Gasteiger partial charge in [0.25, 0.3) is 0 Å². The van der Waals surface area contributed by atoms with E-state index in [2.05, 4.69) is 235 Å². The third kappa shape index (κ3) is 7.04. The molecule has 0 unspecified atom stereocenters. The molecule has 1 aromatic heterocycles. The standard InChI is InChI=1S/C60H41NO/c1-3-16-42(17-4-1)53-23-8-10-26-56(53)57-27-11-9-24-54(57)44-32-35-51(36-33-44)61(58-28-13-12-25-55(58)43-18-5-2-6-19-43)52-37-34-47-38-46(30-31-48(47)40-52)45-21-15-22-49(39-45)60-41-50-20-7-14-29-59(50)62-60/h1-41H. The molecule has 62 heavy (non-hydrogen) atoms. The highest BCUT2D eigenvalue weighted by Crippen LogP contribution is 2.44. The number of para-hydroxylation sites is 2. The third-order valence-corrected chi connectivity index (χ3v) is 11.9. The second-order valence-electron chi connectivity index (χ2n) is 15.7. The lowest BCUT2D eigenvalue weighted by Crippen LogP contribution is -2.11. The molecule has 0 spiro atoms. The molecule has 0 fully saturated rings. The van der Waals surface area contributed by atoms with E-state index in [1.54, 1.807) is 0 Å². The van der Waals surface area contributed by atoms with E-state index in [9.17, 15) is 0 Å². The van der Waals surface area contributed by atoms with Crippen LogP contribution in [-0.4, -0.2) is 0 Å². The number of anilines is 3. The monoisotopic (exact) mass is 791 g/mol. The second-order valence-corrected chi connectivity index (χ2v) is 15.7. The summed E-state index contributed by atoms with van der Waals surface area (Å²) in [5.41, 5.74) is 17.1. The Balaban J connectivity index is 0.983. The molecule has 0 aliphatic rings. The normalized spacial score (nSPS) is 11.2. The summed E-state index contributed by atoms with van der Waals surface area (Å²) in [4.78, 5) is 2.40. The summed E-state index contributed by atoms with van der Waals surface area (Å²) < 4.78 is 6.23. The molecular weight excluding hydrogens is 751 g/mol. The first kappa shape index (κ1) is 36.8. The van der Waals surface area contributed by atoms with E-state index in [1.807, 2.05) is 18.2 Å². The molecular formula is C60H41NO. The van der Waals surface area contributed by atoms with Crippen molar-refractivity contribution in [1.29, 1.82) is 0 Å². The van der Waals surface area contributed by atoms with E-state index in [0.29, 0.717) is 0 Å². The Morgan fingerprint density at radius 3 is 1.45 bits per heavy atom. The Morgan fingerprint density at radius 2 is 0.742 bits per heavy atom. The SMILES string of the molecule is c1ccc(-c2ccccc2-c2ccccc2-c2ccc(N(c3ccc4cc(-c5cccc(-c6cc7ccccc7o6)c5)ccc4c3)c3ccccc3-c3ccccc3)cc2)cc1. The minimum atomic E-state index is 0.875. The summed E-state index contributed by atoms with van der Waals surface area (Å²) in [5.74, 6) is 0.875. The topological polar surface area (TPSA) is 16.4 Å². The zero-order valence-electron chi connectivity index (χ0n) is 34.0. The van der Waals surface area contributed by atoms with Crippen molar-refractivity contribution in [3.05, 3.63) is 249 Å². The van der Waals surface area contributed by atoms with E-state index in [-0.39, 0.29) is 0 Å². The van der Waals surface area contributed by atoms with Gasteiger partial charge >= 0.3 is 0 Å². The molecule has 0 saturated carbocycles. The number of nitrogens with zero attached hydrogens (tertiary/aromatic N) is 1. The first-order chi connectivity index (χ1) is 30.7. The fraction of sp³-hybridized carbons (Fsp3) is 0. The van der Waals surface area contributed by atoms with E-state index in [0.717, 1.165) is 50.5 Å². The fourth-order valence-corrected chi connectivity index (χ4v) is 8.83. The third-order valence-electron chi connectivity index (χ3n) is 11.9. The maximum absolute atomic E-state index is 6.23.